The lowest BCUT2D eigenvalue weighted by Crippen LogP contribution is -2.31. The summed E-state index contributed by atoms with van der Waals surface area (Å²) in [4.78, 5) is 17.3. The quantitative estimate of drug-likeness (QED) is 0.649. The van der Waals surface area contributed by atoms with Gasteiger partial charge in [-0.3, -0.25) is 4.79 Å². The van der Waals surface area contributed by atoms with Crippen molar-refractivity contribution in [3.8, 4) is 5.75 Å². The van der Waals surface area contributed by atoms with Crippen molar-refractivity contribution in [2.75, 3.05) is 7.11 Å². The number of carbonyl (C=O) groups excluding carboxylic acids is 1. The Morgan fingerprint density at radius 3 is 2.81 bits per heavy atom. The summed E-state index contributed by atoms with van der Waals surface area (Å²) in [6.45, 7) is 0. The van der Waals surface area contributed by atoms with Crippen LogP contribution in [0.25, 0.3) is 0 Å². The van der Waals surface area contributed by atoms with Crippen LogP contribution in [0.15, 0.2) is 59.3 Å². The number of aryl methyl sites for hydroxylation is 1. The van der Waals surface area contributed by atoms with Gasteiger partial charge in [0.25, 0.3) is 5.91 Å². The summed E-state index contributed by atoms with van der Waals surface area (Å²) in [5.41, 5.74) is 1.32. The number of methoxy groups -OCH3 is 1. The molecule has 0 aliphatic heterocycles. The van der Waals surface area contributed by atoms with E-state index in [1.807, 2.05) is 42.1 Å². The molecule has 26 heavy (non-hydrogen) atoms. The number of nitrogens with one attached hydrogen (secondary N) is 1. The van der Waals surface area contributed by atoms with E-state index < -0.39 is 6.04 Å². The molecule has 0 bridgehead atoms. The van der Waals surface area contributed by atoms with Crippen LogP contribution in [0.3, 0.4) is 0 Å². The smallest absolute Gasteiger partial charge is 0.253 e. The molecule has 1 amide bonds. The molecular formula is C19H17BrClN3O2. The summed E-state index contributed by atoms with van der Waals surface area (Å²) < 4.78 is 7.85. The first-order chi connectivity index (χ1) is 12.5. The van der Waals surface area contributed by atoms with Crippen LogP contribution in [0, 0.1) is 0 Å². The van der Waals surface area contributed by atoms with Gasteiger partial charge in [-0.2, -0.15) is 0 Å². The Morgan fingerprint density at radius 1 is 1.31 bits per heavy atom. The SMILES string of the molecule is COc1cccc(C(NC(=O)c2cc(Cl)ccc2Br)c2nccn2C)c1. The van der Waals surface area contributed by atoms with Crippen LogP contribution in [0.4, 0.5) is 0 Å². The number of nitrogens with zero attached hydrogens (tertiary/aromatic N) is 2. The highest BCUT2D eigenvalue weighted by Crippen LogP contribution is 2.26. The Bertz CT molecular complexity index is 942. The summed E-state index contributed by atoms with van der Waals surface area (Å²) >= 11 is 9.45. The number of rotatable bonds is 5. The van der Waals surface area contributed by atoms with Crippen LogP contribution in [0.1, 0.15) is 27.8 Å². The topological polar surface area (TPSA) is 56.1 Å². The summed E-state index contributed by atoms with van der Waals surface area (Å²) in [6, 6.07) is 12.2. The van der Waals surface area contributed by atoms with Gasteiger partial charge in [-0.05, 0) is 51.8 Å². The number of benzene rings is 2. The van der Waals surface area contributed by atoms with Gasteiger partial charge in [-0.15, -0.1) is 0 Å². The summed E-state index contributed by atoms with van der Waals surface area (Å²) in [7, 11) is 3.49. The van der Waals surface area contributed by atoms with Gasteiger partial charge in [-0.1, -0.05) is 23.7 Å². The highest BCUT2D eigenvalue weighted by atomic mass is 79.9. The minimum Gasteiger partial charge on any atom is -0.497 e. The minimum atomic E-state index is -0.441. The van der Waals surface area contributed by atoms with Gasteiger partial charge in [0.05, 0.1) is 12.7 Å². The van der Waals surface area contributed by atoms with E-state index in [9.17, 15) is 4.79 Å². The molecule has 3 rings (SSSR count). The van der Waals surface area contributed by atoms with Crippen LogP contribution in [0.5, 0.6) is 5.75 Å². The third-order valence-corrected chi connectivity index (χ3v) is 4.92. The first-order valence-electron chi connectivity index (χ1n) is 7.86. The van der Waals surface area contributed by atoms with Gasteiger partial charge in [0, 0.05) is 28.9 Å². The van der Waals surface area contributed by atoms with E-state index in [0.717, 1.165) is 5.56 Å². The van der Waals surface area contributed by atoms with E-state index in [1.165, 1.54) is 0 Å². The molecular weight excluding hydrogens is 418 g/mol. The second kappa shape index (κ2) is 7.93. The number of amides is 1. The van der Waals surface area contributed by atoms with E-state index in [1.54, 1.807) is 31.5 Å². The van der Waals surface area contributed by atoms with E-state index in [0.29, 0.717) is 26.6 Å². The van der Waals surface area contributed by atoms with Crippen molar-refractivity contribution >= 4 is 33.4 Å². The van der Waals surface area contributed by atoms with Gasteiger partial charge < -0.3 is 14.6 Å². The molecule has 7 heteroatoms. The van der Waals surface area contributed by atoms with Crippen molar-refractivity contribution < 1.29 is 9.53 Å². The number of imidazole rings is 1. The molecule has 0 saturated heterocycles. The minimum absolute atomic E-state index is 0.254. The highest BCUT2D eigenvalue weighted by molar-refractivity contribution is 9.10. The summed E-state index contributed by atoms with van der Waals surface area (Å²) in [5, 5.41) is 3.54. The third kappa shape index (κ3) is 3.92. The molecule has 1 N–H and O–H groups in total. The zero-order valence-electron chi connectivity index (χ0n) is 14.2. The molecule has 1 aromatic heterocycles. The zero-order valence-corrected chi connectivity index (χ0v) is 16.6. The molecule has 0 radical (unpaired) electrons. The van der Waals surface area contributed by atoms with Gasteiger partial charge in [0.1, 0.15) is 17.6 Å². The fourth-order valence-electron chi connectivity index (χ4n) is 2.65. The molecule has 5 nitrogen and oxygen atoms in total. The second-order valence-electron chi connectivity index (χ2n) is 5.70. The van der Waals surface area contributed by atoms with Crippen molar-refractivity contribution in [1.82, 2.24) is 14.9 Å². The van der Waals surface area contributed by atoms with Crippen LogP contribution >= 0.6 is 27.5 Å². The fraction of sp³-hybridized carbons (Fsp3) is 0.158. The molecule has 0 saturated carbocycles. The monoisotopic (exact) mass is 433 g/mol. The maximum Gasteiger partial charge on any atom is 0.253 e. The maximum atomic E-state index is 12.9. The van der Waals surface area contributed by atoms with Crippen LogP contribution in [-0.4, -0.2) is 22.6 Å². The number of hydrogen-bond donors (Lipinski definition) is 1. The maximum absolute atomic E-state index is 12.9. The Kier molecular flexibility index (Phi) is 5.64. The fourth-order valence-corrected chi connectivity index (χ4v) is 3.25. The molecule has 0 spiro atoms. The zero-order chi connectivity index (χ0) is 18.7. The molecule has 2 aromatic carbocycles. The van der Waals surface area contributed by atoms with Gasteiger partial charge in [-0.25, -0.2) is 4.98 Å². The standard InChI is InChI=1S/C19H17BrClN3O2/c1-24-9-8-22-18(24)17(12-4-3-5-14(10-12)26-2)23-19(25)15-11-13(21)6-7-16(15)20/h3-11,17H,1-2H3,(H,23,25). The average Bonchev–Trinajstić information content (AvgIpc) is 3.07. The van der Waals surface area contributed by atoms with E-state index in [4.69, 9.17) is 16.3 Å². The van der Waals surface area contributed by atoms with E-state index in [-0.39, 0.29) is 5.91 Å². The largest absolute Gasteiger partial charge is 0.497 e. The lowest BCUT2D eigenvalue weighted by atomic mass is 10.0. The second-order valence-corrected chi connectivity index (χ2v) is 6.99. The first kappa shape index (κ1) is 18.5. The van der Waals surface area contributed by atoms with Crippen molar-refractivity contribution in [1.29, 1.82) is 0 Å². The Labute approximate surface area is 165 Å². The molecule has 0 aliphatic carbocycles. The number of aromatic nitrogens is 2. The first-order valence-corrected chi connectivity index (χ1v) is 9.04. The molecule has 0 aliphatic rings. The Hall–Kier alpha value is -2.31. The van der Waals surface area contributed by atoms with Crippen LogP contribution < -0.4 is 10.1 Å². The molecule has 3 aromatic rings. The molecule has 1 atom stereocenters. The number of ether oxygens (including phenoxy) is 1. The lowest BCUT2D eigenvalue weighted by Gasteiger charge is -2.20. The lowest BCUT2D eigenvalue weighted by molar-refractivity contribution is 0.0940. The summed E-state index contributed by atoms with van der Waals surface area (Å²) in [5.74, 6) is 1.17. The van der Waals surface area contributed by atoms with E-state index in [2.05, 4.69) is 26.2 Å². The molecule has 1 heterocycles. The Balaban J connectivity index is 2.00. The Morgan fingerprint density at radius 2 is 2.12 bits per heavy atom. The van der Waals surface area contributed by atoms with Crippen molar-refractivity contribution in [2.45, 2.75) is 6.04 Å². The van der Waals surface area contributed by atoms with Crippen molar-refractivity contribution in [3.05, 3.63) is 81.3 Å². The average molecular weight is 435 g/mol. The molecule has 0 fully saturated rings. The summed E-state index contributed by atoms with van der Waals surface area (Å²) in [6.07, 6.45) is 3.54. The number of carbonyl (C=O) groups is 1. The van der Waals surface area contributed by atoms with E-state index >= 15 is 0 Å². The predicted octanol–water partition coefficient (Wildman–Crippen LogP) is 4.36. The van der Waals surface area contributed by atoms with Crippen LogP contribution in [0.2, 0.25) is 5.02 Å². The highest BCUT2D eigenvalue weighted by Gasteiger charge is 2.23. The van der Waals surface area contributed by atoms with Gasteiger partial charge >= 0.3 is 0 Å². The van der Waals surface area contributed by atoms with Crippen molar-refractivity contribution in [3.63, 3.8) is 0 Å². The normalized spacial score (nSPS) is 11.8. The molecule has 1 unspecified atom stereocenters. The predicted molar refractivity (Wildman–Crippen MR) is 105 cm³/mol. The number of hydrogen-bond acceptors (Lipinski definition) is 3. The van der Waals surface area contributed by atoms with Crippen LogP contribution in [-0.2, 0) is 7.05 Å². The van der Waals surface area contributed by atoms with Gasteiger partial charge in [0.2, 0.25) is 0 Å². The number of halogens is 2. The van der Waals surface area contributed by atoms with Gasteiger partial charge in [0.15, 0.2) is 0 Å². The molecule has 134 valence electrons. The van der Waals surface area contributed by atoms with Crippen molar-refractivity contribution in [2.24, 2.45) is 7.05 Å². The third-order valence-electron chi connectivity index (χ3n) is 3.99.